The van der Waals surface area contributed by atoms with Crippen molar-refractivity contribution in [3.63, 3.8) is 0 Å². The summed E-state index contributed by atoms with van der Waals surface area (Å²) in [5.41, 5.74) is 0.941. The summed E-state index contributed by atoms with van der Waals surface area (Å²) in [4.78, 5) is 18.4. The van der Waals surface area contributed by atoms with E-state index >= 15 is 0 Å². The predicted molar refractivity (Wildman–Crippen MR) is 76.2 cm³/mol. The molecule has 3 aromatic rings. The van der Waals surface area contributed by atoms with E-state index < -0.39 is 4.92 Å². The van der Waals surface area contributed by atoms with Crippen LogP contribution in [0.2, 0.25) is 0 Å². The van der Waals surface area contributed by atoms with Crippen LogP contribution in [-0.2, 0) is 7.05 Å². The van der Waals surface area contributed by atoms with Gasteiger partial charge in [-0.25, -0.2) is 14.6 Å². The van der Waals surface area contributed by atoms with Crippen LogP contribution in [-0.4, -0.2) is 42.9 Å². The second kappa shape index (κ2) is 5.41. The first-order valence-corrected chi connectivity index (χ1v) is 6.39. The average molecular weight is 304 g/mol. The molecular weight excluding hydrogens is 292 g/mol. The first-order valence-electron chi connectivity index (χ1n) is 6.39. The number of fused-ring (bicyclic) bond motifs is 1. The van der Waals surface area contributed by atoms with Gasteiger partial charge in [-0.2, -0.15) is 5.10 Å². The maximum atomic E-state index is 10.7. The fraction of sp³-hybridized carbons (Fsp3) is 0.250. The highest BCUT2D eigenvalue weighted by molar-refractivity contribution is 5.98. The molecule has 0 spiro atoms. The Hall–Kier alpha value is -3.01. The standard InChI is InChI=1S/C12H12N6O4/c1-17-12-9(11(13-4-5-19)14-6-15-12)10(16-17)7-2-3-8(22-7)18(20)21/h2-3,6,19H,4-5H2,1H3,(H,13,14,15). The van der Waals surface area contributed by atoms with Gasteiger partial charge in [-0.3, -0.25) is 10.1 Å². The van der Waals surface area contributed by atoms with Crippen LogP contribution >= 0.6 is 0 Å². The molecule has 3 heterocycles. The molecule has 0 aromatic carbocycles. The largest absolute Gasteiger partial charge is 0.433 e. The van der Waals surface area contributed by atoms with Gasteiger partial charge in [0.1, 0.15) is 22.8 Å². The summed E-state index contributed by atoms with van der Waals surface area (Å²) in [7, 11) is 1.70. The molecule has 0 unspecified atom stereocenters. The van der Waals surface area contributed by atoms with Crippen molar-refractivity contribution in [3.05, 3.63) is 28.6 Å². The Labute approximate surface area is 123 Å². The maximum Gasteiger partial charge on any atom is 0.433 e. The van der Waals surface area contributed by atoms with E-state index in [1.165, 1.54) is 23.1 Å². The van der Waals surface area contributed by atoms with Crippen LogP contribution in [0.3, 0.4) is 0 Å². The maximum absolute atomic E-state index is 10.7. The van der Waals surface area contributed by atoms with Gasteiger partial charge in [0.2, 0.25) is 0 Å². The lowest BCUT2D eigenvalue weighted by molar-refractivity contribution is -0.401. The van der Waals surface area contributed by atoms with Crippen LogP contribution in [0.4, 0.5) is 11.7 Å². The molecule has 0 bridgehead atoms. The number of aryl methyl sites for hydroxylation is 1. The summed E-state index contributed by atoms with van der Waals surface area (Å²) < 4.78 is 6.74. The van der Waals surface area contributed by atoms with E-state index in [0.717, 1.165) is 0 Å². The Morgan fingerprint density at radius 3 is 2.95 bits per heavy atom. The Balaban J connectivity index is 2.17. The Bertz CT molecular complexity index is 839. The summed E-state index contributed by atoms with van der Waals surface area (Å²) in [6.45, 7) is 0.242. The smallest absolute Gasteiger partial charge is 0.399 e. The van der Waals surface area contributed by atoms with Crippen molar-refractivity contribution < 1.29 is 14.4 Å². The van der Waals surface area contributed by atoms with Crippen LogP contribution in [0.25, 0.3) is 22.5 Å². The molecule has 0 fully saturated rings. The molecule has 10 nitrogen and oxygen atoms in total. The molecule has 2 N–H and O–H groups in total. The van der Waals surface area contributed by atoms with E-state index in [1.54, 1.807) is 7.05 Å². The molecule has 3 aromatic heterocycles. The third-order valence-electron chi connectivity index (χ3n) is 3.03. The van der Waals surface area contributed by atoms with E-state index in [9.17, 15) is 10.1 Å². The second-order valence-electron chi connectivity index (χ2n) is 4.44. The van der Waals surface area contributed by atoms with Gasteiger partial charge < -0.3 is 14.8 Å². The molecule has 10 heteroatoms. The number of hydrogen-bond donors (Lipinski definition) is 2. The highest BCUT2D eigenvalue weighted by Gasteiger charge is 2.21. The van der Waals surface area contributed by atoms with Crippen molar-refractivity contribution in [3.8, 4) is 11.5 Å². The van der Waals surface area contributed by atoms with Gasteiger partial charge >= 0.3 is 5.88 Å². The summed E-state index contributed by atoms with van der Waals surface area (Å²) in [5, 5.41) is 27.5. The first-order chi connectivity index (χ1) is 10.6. The van der Waals surface area contributed by atoms with Crippen LogP contribution in [0.1, 0.15) is 0 Å². The zero-order valence-electron chi connectivity index (χ0n) is 11.6. The number of nitrogens with one attached hydrogen (secondary N) is 1. The van der Waals surface area contributed by atoms with E-state index in [0.29, 0.717) is 29.1 Å². The van der Waals surface area contributed by atoms with Crippen LogP contribution in [0, 0.1) is 10.1 Å². The Morgan fingerprint density at radius 2 is 2.27 bits per heavy atom. The lowest BCUT2D eigenvalue weighted by Crippen LogP contribution is -2.07. The minimum absolute atomic E-state index is 0.0622. The number of anilines is 1. The predicted octanol–water partition coefficient (Wildman–Crippen LogP) is 0.936. The zero-order chi connectivity index (χ0) is 15.7. The molecule has 0 aliphatic rings. The SMILES string of the molecule is Cn1nc(-c2ccc([N+](=O)[O-])o2)c2c(NCCO)ncnc21. The summed E-state index contributed by atoms with van der Waals surface area (Å²) in [5.74, 6) is 0.357. The van der Waals surface area contributed by atoms with Gasteiger partial charge in [0, 0.05) is 13.6 Å². The molecule has 114 valence electrons. The third-order valence-corrected chi connectivity index (χ3v) is 3.03. The highest BCUT2D eigenvalue weighted by atomic mass is 16.6. The molecule has 0 radical (unpaired) electrons. The summed E-state index contributed by atoms with van der Waals surface area (Å²) >= 11 is 0. The Kier molecular flexibility index (Phi) is 3.43. The average Bonchev–Trinajstić information content (AvgIpc) is 3.11. The number of aliphatic hydroxyl groups is 1. The first kappa shape index (κ1) is 13.9. The molecule has 3 rings (SSSR count). The number of aromatic nitrogens is 4. The van der Waals surface area contributed by atoms with Crippen molar-refractivity contribution in [2.45, 2.75) is 0 Å². The van der Waals surface area contributed by atoms with E-state index in [2.05, 4.69) is 20.4 Å². The summed E-state index contributed by atoms with van der Waals surface area (Å²) in [6.07, 6.45) is 1.37. The summed E-state index contributed by atoms with van der Waals surface area (Å²) in [6, 6.07) is 2.74. The number of hydrogen-bond acceptors (Lipinski definition) is 8. The number of furan rings is 1. The molecule has 22 heavy (non-hydrogen) atoms. The van der Waals surface area contributed by atoms with Crippen LogP contribution in [0.5, 0.6) is 0 Å². The van der Waals surface area contributed by atoms with Gasteiger partial charge in [0.05, 0.1) is 18.1 Å². The van der Waals surface area contributed by atoms with E-state index in [4.69, 9.17) is 9.52 Å². The highest BCUT2D eigenvalue weighted by Crippen LogP contribution is 2.33. The molecule has 0 atom stereocenters. The fourth-order valence-electron chi connectivity index (χ4n) is 2.12. The number of nitrogens with zero attached hydrogens (tertiary/aromatic N) is 5. The lowest BCUT2D eigenvalue weighted by Gasteiger charge is -2.04. The number of rotatable bonds is 5. The van der Waals surface area contributed by atoms with Gasteiger partial charge in [0.25, 0.3) is 0 Å². The molecule has 0 aliphatic heterocycles. The molecule has 0 saturated carbocycles. The topological polar surface area (TPSA) is 132 Å². The van der Waals surface area contributed by atoms with Crippen molar-refractivity contribution in [1.82, 2.24) is 19.7 Å². The molecule has 0 amide bonds. The number of nitro groups is 1. The van der Waals surface area contributed by atoms with Gasteiger partial charge in [-0.05, 0) is 6.07 Å². The van der Waals surface area contributed by atoms with Gasteiger partial charge in [0.15, 0.2) is 11.4 Å². The zero-order valence-corrected chi connectivity index (χ0v) is 11.6. The van der Waals surface area contributed by atoms with Crippen LogP contribution < -0.4 is 5.32 Å². The fourth-order valence-corrected chi connectivity index (χ4v) is 2.12. The molecular formula is C12H12N6O4. The monoisotopic (exact) mass is 304 g/mol. The molecule has 0 saturated heterocycles. The third kappa shape index (κ3) is 2.24. The van der Waals surface area contributed by atoms with E-state index in [-0.39, 0.29) is 18.3 Å². The van der Waals surface area contributed by atoms with Gasteiger partial charge in [-0.1, -0.05) is 0 Å². The Morgan fingerprint density at radius 1 is 1.45 bits per heavy atom. The van der Waals surface area contributed by atoms with Crippen molar-refractivity contribution in [2.75, 3.05) is 18.5 Å². The van der Waals surface area contributed by atoms with Gasteiger partial charge in [-0.15, -0.1) is 0 Å². The molecule has 0 aliphatic carbocycles. The minimum atomic E-state index is -0.615. The van der Waals surface area contributed by atoms with Crippen LogP contribution in [0.15, 0.2) is 22.9 Å². The van der Waals surface area contributed by atoms with Crippen molar-refractivity contribution >= 4 is 22.7 Å². The normalized spacial score (nSPS) is 11.0. The second-order valence-corrected chi connectivity index (χ2v) is 4.44. The minimum Gasteiger partial charge on any atom is -0.399 e. The quantitative estimate of drug-likeness (QED) is 0.525. The lowest BCUT2D eigenvalue weighted by atomic mass is 10.2. The van der Waals surface area contributed by atoms with Crippen molar-refractivity contribution in [2.24, 2.45) is 7.05 Å². The van der Waals surface area contributed by atoms with E-state index in [1.807, 2.05) is 0 Å². The number of aliphatic hydroxyl groups excluding tert-OH is 1. The van der Waals surface area contributed by atoms with Crippen molar-refractivity contribution in [1.29, 1.82) is 0 Å².